The quantitative estimate of drug-likeness (QED) is 0.528. The van der Waals surface area contributed by atoms with Gasteiger partial charge in [-0.2, -0.15) is 0 Å². The van der Waals surface area contributed by atoms with Gasteiger partial charge in [0.05, 0.1) is 19.3 Å². The zero-order chi connectivity index (χ0) is 23.3. The van der Waals surface area contributed by atoms with Gasteiger partial charge in [0.1, 0.15) is 17.8 Å². The van der Waals surface area contributed by atoms with Gasteiger partial charge in [-0.1, -0.05) is 24.3 Å². The summed E-state index contributed by atoms with van der Waals surface area (Å²) in [6.07, 6.45) is 3.90. The molecule has 182 valence electrons. The van der Waals surface area contributed by atoms with E-state index >= 15 is 0 Å². The van der Waals surface area contributed by atoms with Crippen LogP contribution in [0.3, 0.4) is 0 Å². The summed E-state index contributed by atoms with van der Waals surface area (Å²) in [6, 6.07) is 11.1. The number of hydrogen-bond acceptors (Lipinski definition) is 8. The topological polar surface area (TPSA) is 103 Å². The molecule has 1 saturated heterocycles. The van der Waals surface area contributed by atoms with Crippen molar-refractivity contribution in [2.75, 3.05) is 51.3 Å². The average molecular weight is 467 g/mol. The third-order valence-corrected chi connectivity index (χ3v) is 7.10. The molecule has 34 heavy (non-hydrogen) atoms. The average Bonchev–Trinajstić information content (AvgIpc) is 2.85. The van der Waals surface area contributed by atoms with E-state index in [0.717, 1.165) is 58.7 Å². The fourth-order valence-corrected chi connectivity index (χ4v) is 5.09. The molecule has 0 unspecified atom stereocenters. The predicted molar refractivity (Wildman–Crippen MR) is 129 cm³/mol. The molecule has 9 heteroatoms. The van der Waals surface area contributed by atoms with Crippen LogP contribution in [0.2, 0.25) is 0 Å². The fraction of sp³-hybridized carbons (Fsp3) is 0.560. The molecule has 2 aliphatic heterocycles. The Hall–Kier alpha value is -2.59. The lowest BCUT2D eigenvalue weighted by molar-refractivity contribution is -0.00439. The SMILES string of the molecule is O=C(NC[C@H](O)CN1CCc2ccccc2C1)c1cc(N[C@H]2C[C@H](N3CCOCC3)C2)ncn1. The molecule has 9 nitrogen and oxygen atoms in total. The Bertz CT molecular complexity index is 977. The molecule has 5 rings (SSSR count). The van der Waals surface area contributed by atoms with Crippen LogP contribution in [0.4, 0.5) is 5.82 Å². The zero-order valence-electron chi connectivity index (χ0n) is 19.5. The van der Waals surface area contributed by atoms with Gasteiger partial charge in [0.2, 0.25) is 0 Å². The molecule has 0 radical (unpaired) electrons. The number of nitrogens with zero attached hydrogens (tertiary/aromatic N) is 4. The first-order valence-electron chi connectivity index (χ1n) is 12.3. The first-order valence-corrected chi connectivity index (χ1v) is 12.3. The number of anilines is 1. The second kappa shape index (κ2) is 10.8. The van der Waals surface area contributed by atoms with E-state index in [1.54, 1.807) is 6.07 Å². The maximum absolute atomic E-state index is 12.6. The number of aliphatic hydroxyl groups is 1. The number of carbonyl (C=O) groups excluding carboxylic acids is 1. The highest BCUT2D eigenvalue weighted by Crippen LogP contribution is 2.28. The lowest BCUT2D eigenvalue weighted by atomic mass is 9.85. The number of β-amino-alcohol motifs (C(OH)–C–C–N with tert-alkyl or cyclic N) is 1. The molecule has 1 saturated carbocycles. The van der Waals surface area contributed by atoms with Crippen molar-refractivity contribution in [1.82, 2.24) is 25.1 Å². The Morgan fingerprint density at radius 2 is 1.94 bits per heavy atom. The number of rotatable bonds is 8. The highest BCUT2D eigenvalue weighted by atomic mass is 16.5. The standard InChI is InChI=1S/C25H34N6O3/c32-22(16-30-6-5-18-3-1-2-4-19(18)15-30)14-26-25(33)23-13-24(28-17-27-23)29-20-11-21(12-20)31-7-9-34-10-8-31/h1-4,13,17,20-22,32H,5-12,14-16H2,(H,26,33)(H,27,28,29)/t20-,21-,22-/m0/s1. The Kier molecular flexibility index (Phi) is 7.34. The van der Waals surface area contributed by atoms with Crippen LogP contribution in [-0.2, 0) is 17.7 Å². The molecule has 1 aromatic heterocycles. The van der Waals surface area contributed by atoms with Crippen molar-refractivity contribution >= 4 is 11.7 Å². The fourth-order valence-electron chi connectivity index (χ4n) is 5.09. The normalized spacial score (nSPS) is 24.0. The minimum atomic E-state index is -0.638. The number of amides is 1. The number of morpholine rings is 1. The van der Waals surface area contributed by atoms with E-state index in [4.69, 9.17) is 4.74 Å². The largest absolute Gasteiger partial charge is 0.390 e. The van der Waals surface area contributed by atoms with Crippen molar-refractivity contribution in [3.63, 3.8) is 0 Å². The van der Waals surface area contributed by atoms with Gasteiger partial charge in [0, 0.05) is 57.4 Å². The van der Waals surface area contributed by atoms with E-state index in [9.17, 15) is 9.90 Å². The van der Waals surface area contributed by atoms with Gasteiger partial charge in [0.25, 0.3) is 5.91 Å². The molecule has 1 aliphatic carbocycles. The number of aliphatic hydroxyl groups excluding tert-OH is 1. The summed E-state index contributed by atoms with van der Waals surface area (Å²) >= 11 is 0. The Labute approximate surface area is 200 Å². The molecule has 1 aromatic carbocycles. The second-order valence-electron chi connectivity index (χ2n) is 9.52. The van der Waals surface area contributed by atoms with Gasteiger partial charge in [-0.3, -0.25) is 14.6 Å². The van der Waals surface area contributed by atoms with Crippen LogP contribution in [-0.4, -0.2) is 94.9 Å². The van der Waals surface area contributed by atoms with Crippen molar-refractivity contribution in [2.24, 2.45) is 0 Å². The minimum Gasteiger partial charge on any atom is -0.390 e. The van der Waals surface area contributed by atoms with E-state index in [0.29, 0.717) is 30.1 Å². The van der Waals surface area contributed by atoms with Crippen LogP contribution < -0.4 is 10.6 Å². The van der Waals surface area contributed by atoms with Crippen molar-refractivity contribution in [3.05, 3.63) is 53.5 Å². The van der Waals surface area contributed by atoms with E-state index in [1.165, 1.54) is 17.5 Å². The van der Waals surface area contributed by atoms with Gasteiger partial charge in [0.15, 0.2) is 0 Å². The van der Waals surface area contributed by atoms with E-state index in [2.05, 4.69) is 54.7 Å². The predicted octanol–water partition coefficient (Wildman–Crippen LogP) is 0.901. The van der Waals surface area contributed by atoms with Crippen LogP contribution in [0.25, 0.3) is 0 Å². The lowest BCUT2D eigenvalue weighted by Gasteiger charge is -2.44. The summed E-state index contributed by atoms with van der Waals surface area (Å²) in [5, 5.41) is 16.7. The van der Waals surface area contributed by atoms with Gasteiger partial charge >= 0.3 is 0 Å². The summed E-state index contributed by atoms with van der Waals surface area (Å²) in [7, 11) is 0. The molecule has 2 aromatic rings. The molecular formula is C25H34N6O3. The molecule has 3 N–H and O–H groups in total. The third kappa shape index (κ3) is 5.72. The van der Waals surface area contributed by atoms with Crippen molar-refractivity contribution in [1.29, 1.82) is 0 Å². The number of benzene rings is 1. The highest BCUT2D eigenvalue weighted by molar-refractivity contribution is 5.92. The lowest BCUT2D eigenvalue weighted by Crippen LogP contribution is -2.53. The minimum absolute atomic E-state index is 0.188. The monoisotopic (exact) mass is 466 g/mol. The maximum atomic E-state index is 12.6. The molecule has 2 fully saturated rings. The molecule has 3 heterocycles. The zero-order valence-corrected chi connectivity index (χ0v) is 19.5. The molecule has 1 amide bonds. The first-order chi connectivity index (χ1) is 16.6. The van der Waals surface area contributed by atoms with Gasteiger partial charge < -0.3 is 20.5 Å². The van der Waals surface area contributed by atoms with E-state index in [1.807, 2.05) is 0 Å². The molecule has 0 bridgehead atoms. The summed E-state index contributed by atoms with van der Waals surface area (Å²) in [6.45, 7) is 6.11. The van der Waals surface area contributed by atoms with Gasteiger partial charge in [-0.25, -0.2) is 9.97 Å². The number of fused-ring (bicyclic) bond motifs is 1. The second-order valence-corrected chi connectivity index (χ2v) is 9.52. The number of nitrogens with one attached hydrogen (secondary N) is 2. The van der Waals surface area contributed by atoms with Gasteiger partial charge in [-0.15, -0.1) is 0 Å². The Morgan fingerprint density at radius 3 is 2.76 bits per heavy atom. The van der Waals surface area contributed by atoms with Crippen molar-refractivity contribution in [3.8, 4) is 0 Å². The van der Waals surface area contributed by atoms with Crippen LogP contribution in [0.15, 0.2) is 36.7 Å². The van der Waals surface area contributed by atoms with Crippen LogP contribution >= 0.6 is 0 Å². The molecule has 1 atom stereocenters. The summed E-state index contributed by atoms with van der Waals surface area (Å²) < 4.78 is 5.43. The number of aromatic nitrogens is 2. The van der Waals surface area contributed by atoms with Gasteiger partial charge in [-0.05, 0) is 30.4 Å². The summed E-state index contributed by atoms with van der Waals surface area (Å²) in [4.78, 5) is 25.7. The first kappa shape index (κ1) is 23.2. The van der Waals surface area contributed by atoms with Crippen molar-refractivity contribution in [2.45, 2.75) is 44.0 Å². The smallest absolute Gasteiger partial charge is 0.270 e. The Balaban J connectivity index is 1.05. The summed E-state index contributed by atoms with van der Waals surface area (Å²) in [5.41, 5.74) is 3.00. The number of carbonyl (C=O) groups is 1. The Morgan fingerprint density at radius 1 is 1.15 bits per heavy atom. The molecule has 3 aliphatic rings. The highest BCUT2D eigenvalue weighted by Gasteiger charge is 2.34. The van der Waals surface area contributed by atoms with E-state index in [-0.39, 0.29) is 12.5 Å². The van der Waals surface area contributed by atoms with Crippen LogP contribution in [0.5, 0.6) is 0 Å². The number of ether oxygens (including phenoxy) is 1. The van der Waals surface area contributed by atoms with E-state index < -0.39 is 6.10 Å². The van der Waals surface area contributed by atoms with Crippen LogP contribution in [0, 0.1) is 0 Å². The van der Waals surface area contributed by atoms with Crippen molar-refractivity contribution < 1.29 is 14.6 Å². The molecule has 0 spiro atoms. The van der Waals surface area contributed by atoms with Crippen LogP contribution in [0.1, 0.15) is 34.5 Å². The number of hydrogen-bond donors (Lipinski definition) is 3. The summed E-state index contributed by atoms with van der Waals surface area (Å²) in [5.74, 6) is 0.367. The molecular weight excluding hydrogens is 432 g/mol. The third-order valence-electron chi connectivity index (χ3n) is 7.10. The maximum Gasteiger partial charge on any atom is 0.270 e.